The number of likely N-dealkylation sites (tertiary alicyclic amines) is 1. The highest BCUT2D eigenvalue weighted by molar-refractivity contribution is 5.82. The van der Waals surface area contributed by atoms with Crippen LogP contribution in [0.15, 0.2) is 30.3 Å². The lowest BCUT2D eigenvalue weighted by atomic mass is 9.82. The van der Waals surface area contributed by atoms with E-state index in [2.05, 4.69) is 28.4 Å². The van der Waals surface area contributed by atoms with Gasteiger partial charge in [0, 0.05) is 13.1 Å². The molecule has 27 heavy (non-hydrogen) atoms. The number of nitrogens with zero attached hydrogens (tertiary/aromatic N) is 2. The summed E-state index contributed by atoms with van der Waals surface area (Å²) >= 11 is 0. The number of ether oxygens (including phenoxy) is 1. The van der Waals surface area contributed by atoms with Crippen LogP contribution < -0.4 is 5.32 Å². The Labute approximate surface area is 162 Å². The normalized spacial score (nSPS) is 21.9. The molecule has 0 aromatic heterocycles. The summed E-state index contributed by atoms with van der Waals surface area (Å²) < 4.78 is 6.04. The Balaban J connectivity index is 1.44. The zero-order valence-electron chi connectivity index (χ0n) is 16.3. The number of carbonyl (C=O) groups excluding carboxylic acids is 1. The number of rotatable bonds is 6. The molecule has 1 aromatic carbocycles. The van der Waals surface area contributed by atoms with Crippen molar-refractivity contribution in [3.8, 4) is 6.07 Å². The number of nitriles is 1. The van der Waals surface area contributed by atoms with Crippen LogP contribution in [-0.2, 0) is 16.1 Å². The van der Waals surface area contributed by atoms with Crippen molar-refractivity contribution in [2.24, 2.45) is 0 Å². The summed E-state index contributed by atoms with van der Waals surface area (Å²) in [5, 5.41) is 12.6. The molecule has 1 atom stereocenters. The van der Waals surface area contributed by atoms with Crippen molar-refractivity contribution in [2.75, 3.05) is 13.1 Å². The molecular weight excluding hydrogens is 338 g/mol. The summed E-state index contributed by atoms with van der Waals surface area (Å²) in [7, 11) is 0. The number of benzene rings is 1. The lowest BCUT2D eigenvalue weighted by molar-refractivity contribution is -0.128. The highest BCUT2D eigenvalue weighted by Gasteiger charge is 2.36. The number of hydrogen-bond acceptors (Lipinski definition) is 4. The Bertz CT molecular complexity index is 641. The molecule has 1 aromatic rings. The molecule has 1 aliphatic carbocycles. The Morgan fingerprint density at radius 2 is 1.93 bits per heavy atom. The van der Waals surface area contributed by atoms with Crippen LogP contribution in [-0.4, -0.2) is 41.6 Å². The SMILES string of the molecule is CC(C(=O)NC1(C#N)CCCCC1)N1CCC(OCc2ccccc2)CC1. The summed E-state index contributed by atoms with van der Waals surface area (Å²) in [6.45, 7) is 4.31. The van der Waals surface area contributed by atoms with Crippen LogP contribution >= 0.6 is 0 Å². The molecule has 2 fully saturated rings. The summed E-state index contributed by atoms with van der Waals surface area (Å²) in [6.07, 6.45) is 6.88. The zero-order chi connectivity index (χ0) is 19.1. The van der Waals surface area contributed by atoms with Gasteiger partial charge < -0.3 is 10.1 Å². The van der Waals surface area contributed by atoms with Crippen LogP contribution in [0.2, 0.25) is 0 Å². The fourth-order valence-corrected chi connectivity index (χ4v) is 4.14. The molecular formula is C22H31N3O2. The topological polar surface area (TPSA) is 65.4 Å². The Kier molecular flexibility index (Phi) is 6.87. The number of amides is 1. The van der Waals surface area contributed by atoms with Crippen LogP contribution in [0.1, 0.15) is 57.4 Å². The third-order valence-corrected chi connectivity index (χ3v) is 6.02. The first-order valence-corrected chi connectivity index (χ1v) is 10.2. The molecule has 1 unspecified atom stereocenters. The minimum atomic E-state index is -0.652. The van der Waals surface area contributed by atoms with Crippen molar-refractivity contribution in [1.82, 2.24) is 10.2 Å². The van der Waals surface area contributed by atoms with Crippen LogP contribution in [0.25, 0.3) is 0 Å². The third-order valence-electron chi connectivity index (χ3n) is 6.02. The molecule has 0 bridgehead atoms. The number of hydrogen-bond donors (Lipinski definition) is 1. The second-order valence-electron chi connectivity index (χ2n) is 7.95. The number of carbonyl (C=O) groups is 1. The quantitative estimate of drug-likeness (QED) is 0.835. The van der Waals surface area contributed by atoms with Gasteiger partial charge in [0.2, 0.25) is 5.91 Å². The van der Waals surface area contributed by atoms with E-state index in [4.69, 9.17) is 4.74 Å². The molecule has 5 heteroatoms. The summed E-state index contributed by atoms with van der Waals surface area (Å²) in [6, 6.07) is 12.4. The van der Waals surface area contributed by atoms with Crippen molar-refractivity contribution in [3.05, 3.63) is 35.9 Å². The van der Waals surface area contributed by atoms with Crippen LogP contribution in [0.3, 0.4) is 0 Å². The first kappa shape index (κ1) is 19.9. The monoisotopic (exact) mass is 369 g/mol. The first-order valence-electron chi connectivity index (χ1n) is 10.2. The minimum absolute atomic E-state index is 0.0119. The lowest BCUT2D eigenvalue weighted by Crippen LogP contribution is -2.56. The highest BCUT2D eigenvalue weighted by Crippen LogP contribution is 2.28. The minimum Gasteiger partial charge on any atom is -0.373 e. The second-order valence-corrected chi connectivity index (χ2v) is 7.95. The van der Waals surface area contributed by atoms with Gasteiger partial charge in [-0.25, -0.2) is 0 Å². The maximum atomic E-state index is 12.7. The molecule has 146 valence electrons. The fourth-order valence-electron chi connectivity index (χ4n) is 4.14. The van der Waals surface area contributed by atoms with Crippen LogP contribution in [0, 0.1) is 11.3 Å². The highest BCUT2D eigenvalue weighted by atomic mass is 16.5. The summed E-state index contributed by atoms with van der Waals surface area (Å²) in [5.74, 6) is -0.0119. The molecule has 2 aliphatic rings. The van der Waals surface area contributed by atoms with Crippen LogP contribution in [0.4, 0.5) is 0 Å². The van der Waals surface area contributed by atoms with E-state index in [0.29, 0.717) is 6.61 Å². The lowest BCUT2D eigenvalue weighted by Gasteiger charge is -2.38. The van der Waals surface area contributed by atoms with E-state index in [1.54, 1.807) is 0 Å². The van der Waals surface area contributed by atoms with Crippen molar-refractivity contribution >= 4 is 5.91 Å². The number of nitrogens with one attached hydrogen (secondary N) is 1. The molecule has 1 amide bonds. The van der Waals surface area contributed by atoms with Gasteiger partial charge in [-0.15, -0.1) is 0 Å². The van der Waals surface area contributed by atoms with Gasteiger partial charge in [-0.3, -0.25) is 9.69 Å². The molecule has 1 saturated carbocycles. The predicted octanol–water partition coefficient (Wildman–Crippen LogP) is 3.40. The van der Waals surface area contributed by atoms with Gasteiger partial charge in [0.05, 0.1) is 24.8 Å². The summed E-state index contributed by atoms with van der Waals surface area (Å²) in [5.41, 5.74) is 0.544. The van der Waals surface area contributed by atoms with E-state index in [1.165, 1.54) is 5.56 Å². The van der Waals surface area contributed by atoms with Gasteiger partial charge in [-0.1, -0.05) is 49.6 Å². The van der Waals surface area contributed by atoms with Gasteiger partial charge in [-0.2, -0.15) is 5.26 Å². The van der Waals surface area contributed by atoms with Gasteiger partial charge in [0.1, 0.15) is 5.54 Å². The maximum absolute atomic E-state index is 12.7. The van der Waals surface area contributed by atoms with Crippen LogP contribution in [0.5, 0.6) is 0 Å². The Hall–Kier alpha value is -1.90. The van der Waals surface area contributed by atoms with E-state index in [0.717, 1.165) is 58.0 Å². The zero-order valence-corrected chi connectivity index (χ0v) is 16.3. The predicted molar refractivity (Wildman–Crippen MR) is 105 cm³/mol. The molecule has 1 aliphatic heterocycles. The molecule has 0 radical (unpaired) electrons. The van der Waals surface area contributed by atoms with Gasteiger partial charge in [0.15, 0.2) is 0 Å². The third kappa shape index (κ3) is 5.31. The average molecular weight is 370 g/mol. The second kappa shape index (κ2) is 9.34. The van der Waals surface area contributed by atoms with Crippen molar-refractivity contribution in [1.29, 1.82) is 5.26 Å². The van der Waals surface area contributed by atoms with E-state index in [9.17, 15) is 10.1 Å². The smallest absolute Gasteiger partial charge is 0.238 e. The molecule has 5 nitrogen and oxygen atoms in total. The fraction of sp³-hybridized carbons (Fsp3) is 0.636. The van der Waals surface area contributed by atoms with E-state index >= 15 is 0 Å². The standard InChI is InChI=1S/C22H31N3O2/c1-18(21(26)24-22(17-23)12-6-3-7-13-22)25-14-10-20(11-15-25)27-16-19-8-4-2-5-9-19/h2,4-5,8-9,18,20H,3,6-7,10-16H2,1H3,(H,24,26). The van der Waals surface area contributed by atoms with E-state index < -0.39 is 5.54 Å². The van der Waals surface area contributed by atoms with Gasteiger partial charge in [-0.05, 0) is 38.2 Å². The average Bonchev–Trinajstić information content (AvgIpc) is 2.73. The van der Waals surface area contributed by atoms with Gasteiger partial charge >= 0.3 is 0 Å². The van der Waals surface area contributed by atoms with E-state index in [-0.39, 0.29) is 18.1 Å². The Morgan fingerprint density at radius 3 is 2.56 bits per heavy atom. The number of piperidine rings is 1. The van der Waals surface area contributed by atoms with Crippen molar-refractivity contribution in [2.45, 2.75) is 76.2 Å². The Morgan fingerprint density at radius 1 is 1.26 bits per heavy atom. The first-order chi connectivity index (χ1) is 13.1. The van der Waals surface area contributed by atoms with Crippen molar-refractivity contribution in [3.63, 3.8) is 0 Å². The molecule has 1 heterocycles. The molecule has 3 rings (SSSR count). The summed E-state index contributed by atoms with van der Waals surface area (Å²) in [4.78, 5) is 14.9. The molecule has 0 spiro atoms. The maximum Gasteiger partial charge on any atom is 0.238 e. The van der Waals surface area contributed by atoms with Crippen molar-refractivity contribution < 1.29 is 9.53 Å². The van der Waals surface area contributed by atoms with Gasteiger partial charge in [0.25, 0.3) is 0 Å². The van der Waals surface area contributed by atoms with E-state index in [1.807, 2.05) is 25.1 Å². The molecule has 1 N–H and O–H groups in total. The largest absolute Gasteiger partial charge is 0.373 e. The molecule has 1 saturated heterocycles.